The van der Waals surface area contributed by atoms with E-state index >= 15 is 0 Å². The number of hydrogen-bond acceptors (Lipinski definition) is 6. The number of rotatable bonds is 7. The minimum Gasteiger partial charge on any atom is -0.329 e. The molecule has 2 aliphatic rings. The van der Waals surface area contributed by atoms with Crippen LogP contribution in [0.25, 0.3) is 0 Å². The normalized spacial score (nSPS) is 19.6. The molecule has 2 atom stereocenters. The molecule has 0 unspecified atom stereocenters. The van der Waals surface area contributed by atoms with E-state index in [0.29, 0.717) is 10.7 Å². The van der Waals surface area contributed by atoms with Gasteiger partial charge in [0.05, 0.1) is 16.6 Å². The molecule has 2 heterocycles. The molecule has 2 aromatic carbocycles. The third-order valence-electron chi connectivity index (χ3n) is 7.04. The molecule has 206 valence electrons. The predicted octanol–water partition coefficient (Wildman–Crippen LogP) is 3.95. The molecule has 5 rings (SSSR count). The van der Waals surface area contributed by atoms with Gasteiger partial charge in [-0.15, -0.1) is 5.10 Å². The third kappa shape index (κ3) is 6.03. The molecule has 0 bridgehead atoms. The van der Waals surface area contributed by atoms with Crippen LogP contribution < -0.4 is 10.6 Å². The van der Waals surface area contributed by atoms with Gasteiger partial charge >= 0.3 is 0 Å². The Hall–Kier alpha value is -3.21. The molecule has 11 heteroatoms. The van der Waals surface area contributed by atoms with Crippen LogP contribution in [0.2, 0.25) is 5.02 Å². The lowest BCUT2D eigenvalue weighted by Crippen LogP contribution is -2.50. The van der Waals surface area contributed by atoms with Crippen molar-refractivity contribution in [3.05, 3.63) is 88.5 Å². The van der Waals surface area contributed by atoms with Crippen LogP contribution in [0.5, 0.6) is 0 Å². The van der Waals surface area contributed by atoms with Crippen LogP contribution in [0.15, 0.2) is 66.0 Å². The summed E-state index contributed by atoms with van der Waals surface area (Å²) in [5, 5.41) is 15.3. The lowest BCUT2D eigenvalue weighted by molar-refractivity contribution is -0.124. The van der Waals surface area contributed by atoms with Crippen LogP contribution in [0.3, 0.4) is 0 Å². The molecule has 1 aliphatic heterocycles. The Morgan fingerprint density at radius 3 is 2.67 bits per heavy atom. The summed E-state index contributed by atoms with van der Waals surface area (Å²) in [5.41, 5.74) is 4.38. The Balaban J connectivity index is 1.36. The quantitative estimate of drug-likeness (QED) is 0.447. The summed E-state index contributed by atoms with van der Waals surface area (Å²) in [6, 6.07) is 11.5. The maximum absolute atomic E-state index is 13.4. The number of halogens is 1. The van der Waals surface area contributed by atoms with Crippen molar-refractivity contribution in [1.82, 2.24) is 29.9 Å². The van der Waals surface area contributed by atoms with Crippen molar-refractivity contribution in [2.24, 2.45) is 0 Å². The smallest absolute Gasteiger partial charge is 0.264 e. The van der Waals surface area contributed by atoms with E-state index in [0.717, 1.165) is 30.1 Å². The highest BCUT2D eigenvalue weighted by atomic mass is 35.5. The molecule has 2 N–H and O–H groups in total. The van der Waals surface area contributed by atoms with Crippen molar-refractivity contribution in [1.29, 1.82) is 0 Å². The Labute approximate surface area is 234 Å². The van der Waals surface area contributed by atoms with Crippen LogP contribution in [-0.4, -0.2) is 45.2 Å². The van der Waals surface area contributed by atoms with Crippen molar-refractivity contribution in [2.45, 2.75) is 75.5 Å². The molecule has 1 aromatic heterocycles. The van der Waals surface area contributed by atoms with E-state index in [9.17, 15) is 13.2 Å². The molecule has 0 radical (unpaired) electrons. The first kappa shape index (κ1) is 27.4. The van der Waals surface area contributed by atoms with E-state index in [-0.39, 0.29) is 22.9 Å². The Morgan fingerprint density at radius 1 is 1.15 bits per heavy atom. The van der Waals surface area contributed by atoms with Gasteiger partial charge in [-0.05, 0) is 81.0 Å². The van der Waals surface area contributed by atoms with E-state index < -0.39 is 22.0 Å². The van der Waals surface area contributed by atoms with Gasteiger partial charge in [0.2, 0.25) is 5.91 Å². The van der Waals surface area contributed by atoms with Gasteiger partial charge in [0, 0.05) is 42.1 Å². The van der Waals surface area contributed by atoms with Crippen molar-refractivity contribution in [2.75, 3.05) is 0 Å². The topological polar surface area (TPSA) is 109 Å². The van der Waals surface area contributed by atoms with Gasteiger partial charge in [-0.1, -0.05) is 35.0 Å². The number of hydrogen-bond donors (Lipinski definition) is 2. The summed E-state index contributed by atoms with van der Waals surface area (Å²) in [6.45, 7) is 7.28. The summed E-state index contributed by atoms with van der Waals surface area (Å²) < 4.78 is 29.7. The van der Waals surface area contributed by atoms with E-state index in [4.69, 9.17) is 11.6 Å². The first-order chi connectivity index (χ1) is 18.5. The number of nitrogens with one attached hydrogen (secondary N) is 2. The van der Waals surface area contributed by atoms with Crippen LogP contribution in [-0.2, 0) is 34.2 Å². The second-order valence-electron chi connectivity index (χ2n) is 11.1. The van der Waals surface area contributed by atoms with Crippen molar-refractivity contribution >= 4 is 27.5 Å². The fourth-order valence-electron chi connectivity index (χ4n) is 5.02. The number of carbonyl (C=O) groups is 1. The fraction of sp³-hybridized carbons (Fsp3) is 0.393. The summed E-state index contributed by atoms with van der Waals surface area (Å²) in [6.07, 6.45) is 7.58. The van der Waals surface area contributed by atoms with Gasteiger partial charge < -0.3 is 10.6 Å². The van der Waals surface area contributed by atoms with E-state index in [1.54, 1.807) is 0 Å². The number of sulfonamides is 1. The fourth-order valence-corrected chi connectivity index (χ4v) is 6.59. The summed E-state index contributed by atoms with van der Waals surface area (Å²) in [7, 11) is -3.99. The summed E-state index contributed by atoms with van der Waals surface area (Å²) in [4.78, 5) is 12.9. The second-order valence-corrected chi connectivity index (χ2v) is 13.3. The van der Waals surface area contributed by atoms with E-state index in [1.165, 1.54) is 53.4 Å². The molecule has 0 saturated heterocycles. The monoisotopic (exact) mass is 568 g/mol. The maximum atomic E-state index is 13.4. The molecule has 1 amide bonds. The number of carbonyl (C=O) groups excluding carboxylic acids is 1. The number of amides is 1. The molecule has 0 spiro atoms. The van der Waals surface area contributed by atoms with Gasteiger partial charge in [0.1, 0.15) is 6.04 Å². The third-order valence-corrected chi connectivity index (χ3v) is 9.09. The highest BCUT2D eigenvalue weighted by Crippen LogP contribution is 2.33. The zero-order valence-electron chi connectivity index (χ0n) is 22.3. The second kappa shape index (κ2) is 10.7. The average Bonchev–Trinajstić information content (AvgIpc) is 3.36. The highest BCUT2D eigenvalue weighted by Gasteiger charge is 2.36. The molecule has 9 nitrogen and oxygen atoms in total. The lowest BCUT2D eigenvalue weighted by atomic mass is 9.86. The molecule has 0 saturated carbocycles. The molecule has 3 aromatic rings. The van der Waals surface area contributed by atoms with Crippen LogP contribution in [0.1, 0.15) is 62.0 Å². The molecule has 1 aliphatic carbocycles. The standard InChI is InChI=1S/C28H33ClN6O3S/c1-28(2,3)31-17-19-7-12-24-20(15-19)5-4-6-25(24)34-18-22(32-33-34)16-26-27(36)30-13-14-35(26)39(37,38)23-10-8-21(29)9-11-23/h7-15,18,25-26,31H,4-6,16-17H2,1-3H3,(H,30,36)/t25-,26+/m0/s1. The van der Waals surface area contributed by atoms with E-state index in [2.05, 4.69) is 59.9 Å². The van der Waals surface area contributed by atoms with Crippen LogP contribution in [0.4, 0.5) is 0 Å². The molecular weight excluding hydrogens is 536 g/mol. The minimum absolute atomic E-state index is 0.0357. The Bertz CT molecular complexity index is 1490. The van der Waals surface area contributed by atoms with Gasteiger partial charge in [-0.3, -0.25) is 9.10 Å². The highest BCUT2D eigenvalue weighted by molar-refractivity contribution is 7.89. The molecule has 39 heavy (non-hydrogen) atoms. The zero-order valence-corrected chi connectivity index (χ0v) is 23.8. The van der Waals surface area contributed by atoms with Crippen molar-refractivity contribution in [3.63, 3.8) is 0 Å². The first-order valence-corrected chi connectivity index (χ1v) is 14.9. The van der Waals surface area contributed by atoms with E-state index in [1.807, 2.05) is 10.9 Å². The van der Waals surface area contributed by atoms with Gasteiger partial charge in [-0.2, -0.15) is 0 Å². The number of aromatic nitrogens is 3. The van der Waals surface area contributed by atoms with Crippen LogP contribution >= 0.6 is 11.6 Å². The zero-order chi connectivity index (χ0) is 27.8. The number of aryl methyl sites for hydroxylation is 1. The number of benzene rings is 2. The van der Waals surface area contributed by atoms with Crippen molar-refractivity contribution in [3.8, 4) is 0 Å². The van der Waals surface area contributed by atoms with Gasteiger partial charge in [-0.25, -0.2) is 13.1 Å². The SMILES string of the molecule is CC(C)(C)NCc1ccc2c(c1)CCC[C@@H]2n1cc(C[C@@H]2C(=O)NC=CN2S(=O)(=O)c2ccc(Cl)cc2)nn1. The largest absolute Gasteiger partial charge is 0.329 e. The Kier molecular flexibility index (Phi) is 7.54. The summed E-state index contributed by atoms with van der Waals surface area (Å²) >= 11 is 5.94. The lowest BCUT2D eigenvalue weighted by Gasteiger charge is -2.31. The van der Waals surface area contributed by atoms with Crippen LogP contribution in [0, 0.1) is 0 Å². The van der Waals surface area contributed by atoms with Crippen molar-refractivity contribution < 1.29 is 13.2 Å². The number of fused-ring (bicyclic) bond motifs is 1. The molecule has 0 fully saturated rings. The Morgan fingerprint density at radius 2 is 1.92 bits per heavy atom. The average molecular weight is 569 g/mol. The van der Waals surface area contributed by atoms with Gasteiger partial charge in [0.15, 0.2) is 0 Å². The maximum Gasteiger partial charge on any atom is 0.264 e. The minimum atomic E-state index is -3.99. The number of nitrogens with zero attached hydrogens (tertiary/aromatic N) is 4. The summed E-state index contributed by atoms with van der Waals surface area (Å²) in [5.74, 6) is -0.427. The predicted molar refractivity (Wildman–Crippen MR) is 149 cm³/mol. The van der Waals surface area contributed by atoms with Gasteiger partial charge in [0.25, 0.3) is 10.0 Å². The first-order valence-electron chi connectivity index (χ1n) is 13.0. The molecular formula is C28H33ClN6O3S.